The molecule has 0 saturated carbocycles. The normalized spacial score (nSPS) is 11.9. The van der Waals surface area contributed by atoms with Gasteiger partial charge < -0.3 is 15.0 Å². The maximum Gasteiger partial charge on any atom is 0.264 e. The Morgan fingerprint density at radius 3 is 2.16 bits per heavy atom. The van der Waals surface area contributed by atoms with Crippen molar-refractivity contribution in [2.75, 3.05) is 24.5 Å². The molecule has 0 aliphatic rings. The van der Waals surface area contributed by atoms with Crippen LogP contribution < -0.4 is 14.4 Å². The Labute approximate surface area is 225 Å². The molecule has 0 heterocycles. The first-order valence-corrected chi connectivity index (χ1v) is 13.9. The Morgan fingerprint density at radius 2 is 1.58 bits per heavy atom. The van der Waals surface area contributed by atoms with Crippen molar-refractivity contribution in [1.82, 2.24) is 10.2 Å². The van der Waals surface area contributed by atoms with Crippen molar-refractivity contribution in [3.8, 4) is 5.75 Å². The summed E-state index contributed by atoms with van der Waals surface area (Å²) in [6.07, 6.45) is 0. The number of anilines is 1. The molecule has 0 spiro atoms. The van der Waals surface area contributed by atoms with Gasteiger partial charge in [0.05, 0.1) is 17.7 Å². The molecule has 1 N–H and O–H groups in total. The topological polar surface area (TPSA) is 96.0 Å². The van der Waals surface area contributed by atoms with Crippen molar-refractivity contribution in [3.05, 3.63) is 89.5 Å². The minimum absolute atomic E-state index is 0.0811. The number of hydrogen-bond donors (Lipinski definition) is 1. The summed E-state index contributed by atoms with van der Waals surface area (Å²) in [5, 5.41) is 2.76. The number of nitrogens with zero attached hydrogens (tertiary/aromatic N) is 2. The third kappa shape index (κ3) is 6.72. The van der Waals surface area contributed by atoms with Gasteiger partial charge in [0.2, 0.25) is 11.8 Å². The van der Waals surface area contributed by atoms with Gasteiger partial charge in [-0.2, -0.15) is 0 Å². The first kappa shape index (κ1) is 28.7. The van der Waals surface area contributed by atoms with E-state index in [-0.39, 0.29) is 17.3 Å². The van der Waals surface area contributed by atoms with E-state index >= 15 is 0 Å². The zero-order valence-electron chi connectivity index (χ0n) is 22.5. The molecule has 1 atom stereocenters. The lowest BCUT2D eigenvalue weighted by Gasteiger charge is -2.32. The Bertz CT molecular complexity index is 1360. The van der Waals surface area contributed by atoms with E-state index in [4.69, 9.17) is 4.74 Å². The van der Waals surface area contributed by atoms with Gasteiger partial charge in [-0.1, -0.05) is 48.0 Å². The standard InChI is InChI=1S/C29H35N3O5S/c1-6-30-29(34)23(4)31(19-24-13-15-25(37-5)16-14-24)28(33)20-32(27-10-8-7-9-22(27)3)38(35,36)26-17-11-21(2)12-18-26/h7-18,23H,6,19-20H2,1-5H3,(H,30,34)/t23-/m1/s1. The minimum atomic E-state index is -4.09. The number of likely N-dealkylation sites (N-methyl/N-ethyl adjacent to an activating group) is 1. The van der Waals surface area contributed by atoms with Gasteiger partial charge in [-0.15, -0.1) is 0 Å². The predicted octanol–water partition coefficient (Wildman–Crippen LogP) is 4.06. The van der Waals surface area contributed by atoms with E-state index in [1.165, 1.54) is 17.0 Å². The van der Waals surface area contributed by atoms with Gasteiger partial charge in [-0.3, -0.25) is 13.9 Å². The fourth-order valence-electron chi connectivity index (χ4n) is 4.03. The highest BCUT2D eigenvalue weighted by Gasteiger charge is 2.33. The highest BCUT2D eigenvalue weighted by atomic mass is 32.2. The average molecular weight is 538 g/mol. The van der Waals surface area contributed by atoms with Gasteiger partial charge >= 0.3 is 0 Å². The van der Waals surface area contributed by atoms with Crippen molar-refractivity contribution in [2.24, 2.45) is 0 Å². The van der Waals surface area contributed by atoms with E-state index in [1.54, 1.807) is 70.3 Å². The summed E-state index contributed by atoms with van der Waals surface area (Å²) in [5.74, 6) is -0.157. The highest BCUT2D eigenvalue weighted by molar-refractivity contribution is 7.92. The number of carbonyl (C=O) groups is 2. The third-order valence-electron chi connectivity index (χ3n) is 6.30. The zero-order valence-corrected chi connectivity index (χ0v) is 23.3. The number of amides is 2. The van der Waals surface area contributed by atoms with Gasteiger partial charge in [-0.25, -0.2) is 8.42 Å². The molecule has 202 valence electrons. The lowest BCUT2D eigenvalue weighted by molar-refractivity contribution is -0.139. The second-order valence-corrected chi connectivity index (χ2v) is 10.9. The number of para-hydroxylation sites is 1. The van der Waals surface area contributed by atoms with Gasteiger partial charge in [-0.05, 0) is 69.2 Å². The van der Waals surface area contributed by atoms with Crippen LogP contribution in [0, 0.1) is 13.8 Å². The van der Waals surface area contributed by atoms with Crippen LogP contribution in [0.4, 0.5) is 5.69 Å². The SMILES string of the molecule is CCNC(=O)[C@@H](C)N(Cc1ccc(OC)cc1)C(=O)CN(c1ccccc1C)S(=O)(=O)c1ccc(C)cc1. The van der Waals surface area contributed by atoms with Crippen molar-refractivity contribution in [1.29, 1.82) is 0 Å². The summed E-state index contributed by atoms with van der Waals surface area (Å²) in [7, 11) is -2.53. The first-order chi connectivity index (χ1) is 18.1. The van der Waals surface area contributed by atoms with Crippen LogP contribution in [-0.2, 0) is 26.2 Å². The molecule has 0 aliphatic carbocycles. The number of aryl methyl sites for hydroxylation is 2. The van der Waals surface area contributed by atoms with E-state index in [2.05, 4.69) is 5.32 Å². The van der Waals surface area contributed by atoms with Crippen LogP contribution in [0.15, 0.2) is 77.7 Å². The average Bonchev–Trinajstić information content (AvgIpc) is 2.91. The molecule has 3 rings (SSSR count). The molecule has 0 aromatic heterocycles. The number of nitrogens with one attached hydrogen (secondary N) is 1. The summed E-state index contributed by atoms with van der Waals surface area (Å²) in [6, 6.07) is 19.9. The molecule has 0 fully saturated rings. The molecule has 38 heavy (non-hydrogen) atoms. The van der Waals surface area contributed by atoms with Crippen molar-refractivity contribution in [3.63, 3.8) is 0 Å². The molecule has 8 nitrogen and oxygen atoms in total. The zero-order chi connectivity index (χ0) is 27.9. The van der Waals surface area contributed by atoms with Crippen molar-refractivity contribution in [2.45, 2.75) is 45.2 Å². The number of sulfonamides is 1. The largest absolute Gasteiger partial charge is 0.497 e. The Kier molecular flexibility index (Phi) is 9.52. The predicted molar refractivity (Wildman–Crippen MR) is 149 cm³/mol. The van der Waals surface area contributed by atoms with Crippen LogP contribution in [0.1, 0.15) is 30.5 Å². The summed E-state index contributed by atoms with van der Waals surface area (Å²) in [6.45, 7) is 7.16. The number of carbonyl (C=O) groups excluding carboxylic acids is 2. The molecular formula is C29H35N3O5S. The van der Waals surface area contributed by atoms with E-state index in [1.807, 2.05) is 25.1 Å². The van der Waals surface area contributed by atoms with Crippen molar-refractivity contribution >= 4 is 27.5 Å². The molecular weight excluding hydrogens is 502 g/mol. The fourth-order valence-corrected chi connectivity index (χ4v) is 5.50. The van der Waals surface area contributed by atoms with Crippen LogP contribution in [0.5, 0.6) is 5.75 Å². The first-order valence-electron chi connectivity index (χ1n) is 12.4. The Balaban J connectivity index is 2.03. The van der Waals surface area contributed by atoms with E-state index in [0.717, 1.165) is 15.4 Å². The summed E-state index contributed by atoms with van der Waals surface area (Å²) >= 11 is 0. The summed E-state index contributed by atoms with van der Waals surface area (Å²) in [5.41, 5.74) is 2.80. The van der Waals surface area contributed by atoms with E-state index < -0.39 is 28.5 Å². The second kappa shape index (κ2) is 12.6. The lowest BCUT2D eigenvalue weighted by Crippen LogP contribution is -2.51. The molecule has 0 unspecified atom stereocenters. The molecule has 2 amide bonds. The summed E-state index contributed by atoms with van der Waals surface area (Å²) < 4.78 is 34.0. The maximum atomic E-state index is 13.9. The van der Waals surface area contributed by atoms with Gasteiger partial charge in [0.1, 0.15) is 18.3 Å². The number of methoxy groups -OCH3 is 1. The van der Waals surface area contributed by atoms with Crippen LogP contribution in [0.25, 0.3) is 0 Å². The molecule has 3 aromatic rings. The van der Waals surface area contributed by atoms with E-state index in [0.29, 0.717) is 23.5 Å². The molecule has 9 heteroatoms. The quantitative estimate of drug-likeness (QED) is 0.398. The minimum Gasteiger partial charge on any atom is -0.497 e. The monoisotopic (exact) mass is 537 g/mol. The third-order valence-corrected chi connectivity index (χ3v) is 8.08. The molecule has 0 aliphatic heterocycles. The van der Waals surface area contributed by atoms with Crippen LogP contribution in [0.3, 0.4) is 0 Å². The van der Waals surface area contributed by atoms with Crippen LogP contribution in [-0.4, -0.2) is 51.4 Å². The molecule has 3 aromatic carbocycles. The van der Waals surface area contributed by atoms with Crippen LogP contribution >= 0.6 is 0 Å². The number of ether oxygens (including phenoxy) is 1. The smallest absolute Gasteiger partial charge is 0.264 e. The number of rotatable bonds is 11. The van der Waals surface area contributed by atoms with Gasteiger partial charge in [0, 0.05) is 13.1 Å². The van der Waals surface area contributed by atoms with Crippen LogP contribution in [0.2, 0.25) is 0 Å². The molecule has 0 radical (unpaired) electrons. The Morgan fingerprint density at radius 1 is 0.947 bits per heavy atom. The molecule has 0 bridgehead atoms. The lowest BCUT2D eigenvalue weighted by atomic mass is 10.1. The van der Waals surface area contributed by atoms with Gasteiger partial charge in [0.25, 0.3) is 10.0 Å². The van der Waals surface area contributed by atoms with Crippen molar-refractivity contribution < 1.29 is 22.7 Å². The number of hydrogen-bond acceptors (Lipinski definition) is 5. The Hall–Kier alpha value is -3.85. The van der Waals surface area contributed by atoms with Gasteiger partial charge in [0.15, 0.2) is 0 Å². The fraction of sp³-hybridized carbons (Fsp3) is 0.310. The van der Waals surface area contributed by atoms with E-state index in [9.17, 15) is 18.0 Å². The number of benzene rings is 3. The maximum absolute atomic E-state index is 13.9. The highest BCUT2D eigenvalue weighted by Crippen LogP contribution is 2.27. The molecule has 0 saturated heterocycles. The summed E-state index contributed by atoms with van der Waals surface area (Å²) in [4.78, 5) is 28.1. The second-order valence-electron chi connectivity index (χ2n) is 9.05.